The molecule has 0 spiro atoms. The Balaban J connectivity index is 1.63. The minimum Gasteiger partial charge on any atom is -0.493 e. The summed E-state index contributed by atoms with van der Waals surface area (Å²) in [5.41, 5.74) is 0.371. The Hall–Kier alpha value is -3.50. The minimum atomic E-state index is -4.77. The molecule has 0 N–H and O–H groups in total. The molecule has 0 aromatic heterocycles. The molecule has 0 aliphatic carbocycles. The number of hydrogen-bond acceptors (Lipinski definition) is 5. The van der Waals surface area contributed by atoms with Crippen LogP contribution in [0.15, 0.2) is 54.6 Å². The third kappa shape index (κ3) is 6.13. The molecule has 40 heavy (non-hydrogen) atoms. The monoisotopic (exact) mass is 580 g/mol. The second kappa shape index (κ2) is 11.9. The first-order valence-electron chi connectivity index (χ1n) is 12.4. The van der Waals surface area contributed by atoms with Crippen molar-refractivity contribution >= 4 is 17.5 Å². The largest absolute Gasteiger partial charge is 0.493 e. The number of amides is 1. The number of rotatable bonds is 8. The van der Waals surface area contributed by atoms with E-state index in [1.54, 1.807) is 36.2 Å². The van der Waals surface area contributed by atoms with Gasteiger partial charge in [0.1, 0.15) is 5.82 Å². The molecule has 2 atom stereocenters. The third-order valence-corrected chi connectivity index (χ3v) is 7.38. The molecule has 11 heteroatoms. The van der Waals surface area contributed by atoms with Gasteiger partial charge in [0.15, 0.2) is 11.5 Å². The van der Waals surface area contributed by atoms with Gasteiger partial charge in [0.25, 0.3) is 5.91 Å². The summed E-state index contributed by atoms with van der Waals surface area (Å²) in [5.74, 6) is -0.669. The molecule has 0 radical (unpaired) electrons. The fourth-order valence-electron chi connectivity index (χ4n) is 5.12. The highest BCUT2D eigenvalue weighted by atomic mass is 35.5. The molecule has 1 aliphatic rings. The first-order chi connectivity index (χ1) is 19.0. The molecule has 6 nitrogen and oxygen atoms in total. The highest BCUT2D eigenvalue weighted by molar-refractivity contribution is 6.30. The lowest BCUT2D eigenvalue weighted by molar-refractivity contribution is -0.140. The van der Waals surface area contributed by atoms with Gasteiger partial charge in [-0.3, -0.25) is 9.69 Å². The van der Waals surface area contributed by atoms with Crippen LogP contribution in [0.1, 0.15) is 33.0 Å². The number of benzene rings is 3. The second-order valence-corrected chi connectivity index (χ2v) is 10.0. The summed E-state index contributed by atoms with van der Waals surface area (Å²) in [6, 6.07) is 13.2. The van der Waals surface area contributed by atoms with E-state index in [4.69, 9.17) is 25.8 Å². The molecule has 3 aromatic rings. The summed E-state index contributed by atoms with van der Waals surface area (Å²) in [6.07, 6.45) is -4.77. The Morgan fingerprint density at radius 1 is 0.975 bits per heavy atom. The lowest BCUT2D eigenvalue weighted by atomic mass is 9.93. The van der Waals surface area contributed by atoms with E-state index in [-0.39, 0.29) is 24.4 Å². The number of likely N-dealkylation sites (tertiary alicyclic amines) is 1. The van der Waals surface area contributed by atoms with Gasteiger partial charge < -0.3 is 19.1 Å². The first kappa shape index (κ1) is 29.5. The van der Waals surface area contributed by atoms with Crippen molar-refractivity contribution in [3.63, 3.8) is 0 Å². The van der Waals surface area contributed by atoms with E-state index < -0.39 is 17.6 Å². The van der Waals surface area contributed by atoms with E-state index in [2.05, 4.69) is 0 Å². The van der Waals surface area contributed by atoms with Gasteiger partial charge in [-0.15, -0.1) is 0 Å². The van der Waals surface area contributed by atoms with Gasteiger partial charge in [0, 0.05) is 42.2 Å². The molecule has 1 amide bonds. The summed E-state index contributed by atoms with van der Waals surface area (Å²) in [4.78, 5) is 17.3. The van der Waals surface area contributed by atoms with Crippen molar-refractivity contribution in [2.24, 2.45) is 0 Å². The first-order valence-corrected chi connectivity index (χ1v) is 12.7. The molecule has 3 aromatic carbocycles. The predicted molar refractivity (Wildman–Crippen MR) is 143 cm³/mol. The number of likely N-dealkylation sites (N-methyl/N-ethyl adjacent to an activating group) is 1. The lowest BCUT2D eigenvalue weighted by Crippen LogP contribution is -2.38. The van der Waals surface area contributed by atoms with Crippen molar-refractivity contribution < 1.29 is 36.6 Å². The van der Waals surface area contributed by atoms with E-state index in [9.17, 15) is 22.4 Å². The molecule has 214 valence electrons. The van der Waals surface area contributed by atoms with Gasteiger partial charge in [-0.05, 0) is 54.6 Å². The Labute approximate surface area is 235 Å². The van der Waals surface area contributed by atoms with E-state index in [0.717, 1.165) is 17.7 Å². The topological polar surface area (TPSA) is 51.2 Å². The van der Waals surface area contributed by atoms with E-state index in [0.29, 0.717) is 46.5 Å². The van der Waals surface area contributed by atoms with Crippen LogP contribution in [0.2, 0.25) is 5.02 Å². The van der Waals surface area contributed by atoms with Gasteiger partial charge in [-0.1, -0.05) is 29.8 Å². The van der Waals surface area contributed by atoms with Crippen LogP contribution in [0.3, 0.4) is 0 Å². The van der Waals surface area contributed by atoms with Crippen LogP contribution >= 0.6 is 11.6 Å². The summed E-state index contributed by atoms with van der Waals surface area (Å²) >= 11 is 6.10. The average Bonchev–Trinajstić information content (AvgIpc) is 3.37. The van der Waals surface area contributed by atoms with Crippen LogP contribution in [0.25, 0.3) is 0 Å². The van der Waals surface area contributed by atoms with Crippen molar-refractivity contribution in [3.05, 3.63) is 87.7 Å². The number of carbonyl (C=O) groups excluding carboxylic acids is 1. The van der Waals surface area contributed by atoms with Crippen molar-refractivity contribution in [1.82, 2.24) is 9.80 Å². The van der Waals surface area contributed by atoms with Crippen LogP contribution in [0.5, 0.6) is 17.2 Å². The number of halogens is 5. The van der Waals surface area contributed by atoms with Crippen LogP contribution in [0, 0.1) is 5.82 Å². The zero-order valence-corrected chi connectivity index (χ0v) is 23.1. The zero-order valence-electron chi connectivity index (χ0n) is 22.4. The quantitative estimate of drug-likeness (QED) is 0.294. The van der Waals surface area contributed by atoms with Gasteiger partial charge in [0.2, 0.25) is 5.75 Å². The molecular weight excluding hydrogens is 552 g/mol. The highest BCUT2D eigenvalue weighted by Gasteiger charge is 2.39. The number of ether oxygens (including phenoxy) is 3. The van der Waals surface area contributed by atoms with Crippen LogP contribution in [-0.2, 0) is 12.7 Å². The molecule has 0 saturated carbocycles. The second-order valence-electron chi connectivity index (χ2n) is 9.58. The summed E-state index contributed by atoms with van der Waals surface area (Å²) < 4.78 is 69.5. The average molecular weight is 581 g/mol. The smallest absolute Gasteiger partial charge is 0.419 e. The fraction of sp³-hybridized carbons (Fsp3) is 0.345. The maximum atomic E-state index is 14.3. The fourth-order valence-corrected chi connectivity index (χ4v) is 5.24. The number of carbonyl (C=O) groups is 1. The van der Waals surface area contributed by atoms with Gasteiger partial charge in [-0.25, -0.2) is 4.39 Å². The van der Waals surface area contributed by atoms with E-state index in [1.165, 1.54) is 27.4 Å². The number of hydrogen-bond donors (Lipinski definition) is 0. The molecule has 1 aliphatic heterocycles. The molecule has 1 saturated heterocycles. The van der Waals surface area contributed by atoms with Crippen LogP contribution in [-0.4, -0.2) is 63.2 Å². The minimum absolute atomic E-state index is 0.146. The Kier molecular flexibility index (Phi) is 8.80. The maximum Gasteiger partial charge on any atom is 0.419 e. The van der Waals surface area contributed by atoms with E-state index >= 15 is 0 Å². The normalized spacial score (nSPS) is 17.3. The Morgan fingerprint density at radius 3 is 2.12 bits per heavy atom. The van der Waals surface area contributed by atoms with Gasteiger partial charge in [0.05, 0.1) is 26.9 Å². The standard InChI is InChI=1S/C29H29ClF4N2O4/c1-35(14-17-5-10-22(23(31)11-17)29(32,33)34)24-16-36(15-21(24)18-6-8-20(30)9-7-18)28(37)19-12-25(38-2)27(40-4)26(13-19)39-3/h5-13,21,24H,14-16H2,1-4H3/t21-,24?/m1/s1. The molecule has 1 unspecified atom stereocenters. The molecule has 0 bridgehead atoms. The zero-order chi connectivity index (χ0) is 29.2. The SMILES string of the molecule is COc1cc(C(=O)N2CC(N(C)Cc3ccc(C(F)(F)F)c(F)c3)[C@@H](c3ccc(Cl)cc3)C2)cc(OC)c1OC. The third-order valence-electron chi connectivity index (χ3n) is 7.12. The summed E-state index contributed by atoms with van der Waals surface area (Å²) in [5, 5.41) is 0.567. The lowest BCUT2D eigenvalue weighted by Gasteiger charge is -2.29. The Morgan fingerprint density at radius 2 is 1.60 bits per heavy atom. The number of nitrogens with zero attached hydrogens (tertiary/aromatic N) is 2. The molecule has 1 heterocycles. The van der Waals surface area contributed by atoms with E-state index in [1.807, 2.05) is 17.0 Å². The van der Waals surface area contributed by atoms with Crippen molar-refractivity contribution in [2.75, 3.05) is 41.5 Å². The van der Waals surface area contributed by atoms with Crippen LogP contribution < -0.4 is 14.2 Å². The molecule has 1 fully saturated rings. The highest BCUT2D eigenvalue weighted by Crippen LogP contribution is 2.40. The summed E-state index contributed by atoms with van der Waals surface area (Å²) in [7, 11) is 6.21. The number of methoxy groups -OCH3 is 3. The summed E-state index contributed by atoms with van der Waals surface area (Å²) in [6.45, 7) is 0.867. The molecule has 4 rings (SSSR count). The van der Waals surface area contributed by atoms with Crippen LogP contribution in [0.4, 0.5) is 17.6 Å². The van der Waals surface area contributed by atoms with Gasteiger partial charge in [-0.2, -0.15) is 13.2 Å². The van der Waals surface area contributed by atoms with Crippen molar-refractivity contribution in [3.8, 4) is 17.2 Å². The molecular formula is C29H29ClF4N2O4. The van der Waals surface area contributed by atoms with Gasteiger partial charge >= 0.3 is 6.18 Å². The Bertz CT molecular complexity index is 1340. The maximum absolute atomic E-state index is 14.3. The predicted octanol–water partition coefficient (Wildman–Crippen LogP) is 6.26. The van der Waals surface area contributed by atoms with Crippen molar-refractivity contribution in [2.45, 2.75) is 24.7 Å². The number of alkyl halides is 3. The van der Waals surface area contributed by atoms with Crippen molar-refractivity contribution in [1.29, 1.82) is 0 Å².